The van der Waals surface area contributed by atoms with Crippen molar-refractivity contribution in [3.05, 3.63) is 94.5 Å². The third kappa shape index (κ3) is 5.75. The third-order valence-electron chi connectivity index (χ3n) is 4.37. The predicted molar refractivity (Wildman–Crippen MR) is 111 cm³/mol. The van der Waals surface area contributed by atoms with Gasteiger partial charge in [-0.3, -0.25) is 0 Å². The average Bonchev–Trinajstić information content (AvgIpc) is 2.72. The number of rotatable bonds is 9. The molecule has 0 saturated heterocycles. The number of methoxy groups -OCH3 is 1. The number of para-hydroxylation sites is 1. The van der Waals surface area contributed by atoms with E-state index in [0.29, 0.717) is 6.61 Å². The Hall–Kier alpha value is -2.49. The second-order valence-electron chi connectivity index (χ2n) is 6.26. The standard InChI is InChI=1S/C23H24ClNO2/c1-26-23-9-5-3-6-19(23)14-15-25-16-18-10-12-21(13-11-18)27-17-20-7-2-4-8-22(20)24/h2-13,25H,14-17H2,1H3. The SMILES string of the molecule is COc1ccccc1CCNCc1ccc(OCc2ccccc2Cl)cc1. The zero-order valence-corrected chi connectivity index (χ0v) is 16.2. The Morgan fingerprint density at radius 1 is 0.852 bits per heavy atom. The highest BCUT2D eigenvalue weighted by molar-refractivity contribution is 6.31. The van der Waals surface area contributed by atoms with Crippen LogP contribution in [0.15, 0.2) is 72.8 Å². The Morgan fingerprint density at radius 3 is 2.30 bits per heavy atom. The van der Waals surface area contributed by atoms with E-state index in [0.717, 1.165) is 41.6 Å². The zero-order valence-electron chi connectivity index (χ0n) is 15.5. The van der Waals surface area contributed by atoms with Crippen molar-refractivity contribution < 1.29 is 9.47 Å². The highest BCUT2D eigenvalue weighted by atomic mass is 35.5. The van der Waals surface area contributed by atoms with E-state index in [1.54, 1.807) is 7.11 Å². The second kappa shape index (κ2) is 10.0. The summed E-state index contributed by atoms with van der Waals surface area (Å²) in [6.07, 6.45) is 0.934. The Bertz CT molecular complexity index is 849. The van der Waals surface area contributed by atoms with Gasteiger partial charge in [-0.25, -0.2) is 0 Å². The number of nitrogens with one attached hydrogen (secondary N) is 1. The summed E-state index contributed by atoms with van der Waals surface area (Å²) in [5.41, 5.74) is 3.43. The maximum atomic E-state index is 6.15. The summed E-state index contributed by atoms with van der Waals surface area (Å²) in [5.74, 6) is 1.78. The van der Waals surface area contributed by atoms with Crippen LogP contribution in [0.3, 0.4) is 0 Å². The van der Waals surface area contributed by atoms with Crippen molar-refractivity contribution in [2.24, 2.45) is 0 Å². The molecule has 4 heteroatoms. The van der Waals surface area contributed by atoms with Gasteiger partial charge in [0.05, 0.1) is 7.11 Å². The zero-order chi connectivity index (χ0) is 18.9. The van der Waals surface area contributed by atoms with Crippen LogP contribution in [-0.4, -0.2) is 13.7 Å². The second-order valence-corrected chi connectivity index (χ2v) is 6.67. The molecule has 0 amide bonds. The van der Waals surface area contributed by atoms with Gasteiger partial charge in [-0.05, 0) is 48.4 Å². The summed E-state index contributed by atoms with van der Waals surface area (Å²) < 4.78 is 11.2. The number of ether oxygens (including phenoxy) is 2. The Labute approximate surface area is 165 Å². The Balaban J connectivity index is 1.43. The van der Waals surface area contributed by atoms with Crippen molar-refractivity contribution in [3.63, 3.8) is 0 Å². The molecule has 0 unspecified atom stereocenters. The fourth-order valence-electron chi connectivity index (χ4n) is 2.85. The van der Waals surface area contributed by atoms with Crippen molar-refractivity contribution in [2.45, 2.75) is 19.6 Å². The summed E-state index contributed by atoms with van der Waals surface area (Å²) in [7, 11) is 1.71. The average molecular weight is 382 g/mol. The minimum absolute atomic E-state index is 0.468. The molecule has 3 nitrogen and oxygen atoms in total. The summed E-state index contributed by atoms with van der Waals surface area (Å²) >= 11 is 6.15. The number of benzene rings is 3. The number of hydrogen-bond acceptors (Lipinski definition) is 3. The molecule has 27 heavy (non-hydrogen) atoms. The molecule has 0 fully saturated rings. The molecule has 0 aliphatic carbocycles. The summed E-state index contributed by atoms with van der Waals surface area (Å²) in [5, 5.41) is 4.20. The monoisotopic (exact) mass is 381 g/mol. The van der Waals surface area contributed by atoms with E-state index in [1.807, 2.05) is 54.6 Å². The Kier molecular flexibility index (Phi) is 7.14. The minimum atomic E-state index is 0.468. The molecule has 0 aliphatic heterocycles. The molecule has 0 atom stereocenters. The number of halogens is 1. The van der Waals surface area contributed by atoms with E-state index in [4.69, 9.17) is 21.1 Å². The van der Waals surface area contributed by atoms with Crippen molar-refractivity contribution in [2.75, 3.05) is 13.7 Å². The van der Waals surface area contributed by atoms with E-state index >= 15 is 0 Å². The van der Waals surface area contributed by atoms with Gasteiger partial charge in [-0.2, -0.15) is 0 Å². The van der Waals surface area contributed by atoms with E-state index < -0.39 is 0 Å². The third-order valence-corrected chi connectivity index (χ3v) is 4.74. The van der Waals surface area contributed by atoms with Crippen LogP contribution >= 0.6 is 11.6 Å². The Morgan fingerprint density at radius 2 is 1.56 bits per heavy atom. The lowest BCUT2D eigenvalue weighted by molar-refractivity contribution is 0.306. The van der Waals surface area contributed by atoms with Crippen LogP contribution in [-0.2, 0) is 19.6 Å². The highest BCUT2D eigenvalue weighted by Crippen LogP contribution is 2.19. The summed E-state index contributed by atoms with van der Waals surface area (Å²) in [4.78, 5) is 0. The van der Waals surface area contributed by atoms with Crippen molar-refractivity contribution in [1.29, 1.82) is 0 Å². The smallest absolute Gasteiger partial charge is 0.122 e. The molecule has 3 rings (SSSR count). The summed E-state index contributed by atoms with van der Waals surface area (Å²) in [6.45, 7) is 2.18. The van der Waals surface area contributed by atoms with E-state index in [9.17, 15) is 0 Å². The van der Waals surface area contributed by atoms with Crippen LogP contribution < -0.4 is 14.8 Å². The van der Waals surface area contributed by atoms with Crippen molar-refractivity contribution in [3.8, 4) is 11.5 Å². The molecule has 0 aromatic heterocycles. The molecule has 0 saturated carbocycles. The van der Waals surface area contributed by atoms with Crippen LogP contribution in [0, 0.1) is 0 Å². The van der Waals surface area contributed by atoms with Gasteiger partial charge in [0.2, 0.25) is 0 Å². The molecule has 0 bridgehead atoms. The van der Waals surface area contributed by atoms with Gasteiger partial charge in [0, 0.05) is 17.1 Å². The van der Waals surface area contributed by atoms with Gasteiger partial charge >= 0.3 is 0 Å². The van der Waals surface area contributed by atoms with Gasteiger partial charge in [0.1, 0.15) is 18.1 Å². The van der Waals surface area contributed by atoms with Gasteiger partial charge in [-0.1, -0.05) is 60.1 Å². The fraction of sp³-hybridized carbons (Fsp3) is 0.217. The number of hydrogen-bond donors (Lipinski definition) is 1. The maximum Gasteiger partial charge on any atom is 0.122 e. The first kappa shape index (κ1) is 19.3. The molecule has 140 valence electrons. The molecular weight excluding hydrogens is 358 g/mol. The highest BCUT2D eigenvalue weighted by Gasteiger charge is 2.02. The molecule has 0 spiro atoms. The predicted octanol–water partition coefficient (Wildman–Crippen LogP) is 5.26. The summed E-state index contributed by atoms with van der Waals surface area (Å²) in [6, 6.07) is 24.0. The molecule has 3 aromatic rings. The molecular formula is C23H24ClNO2. The molecule has 3 aromatic carbocycles. The van der Waals surface area contributed by atoms with Crippen LogP contribution in [0.1, 0.15) is 16.7 Å². The first-order valence-electron chi connectivity index (χ1n) is 9.04. The van der Waals surface area contributed by atoms with Gasteiger partial charge in [0.15, 0.2) is 0 Å². The maximum absolute atomic E-state index is 6.15. The molecule has 0 radical (unpaired) electrons. The topological polar surface area (TPSA) is 30.5 Å². The van der Waals surface area contributed by atoms with Gasteiger partial charge < -0.3 is 14.8 Å². The fourth-order valence-corrected chi connectivity index (χ4v) is 3.04. The first-order chi connectivity index (χ1) is 13.3. The van der Waals surface area contributed by atoms with E-state index in [1.165, 1.54) is 11.1 Å². The van der Waals surface area contributed by atoms with Crippen LogP contribution in [0.4, 0.5) is 0 Å². The quantitative estimate of drug-likeness (QED) is 0.513. The first-order valence-corrected chi connectivity index (χ1v) is 9.42. The van der Waals surface area contributed by atoms with Crippen LogP contribution in [0.25, 0.3) is 0 Å². The van der Waals surface area contributed by atoms with Crippen molar-refractivity contribution >= 4 is 11.6 Å². The van der Waals surface area contributed by atoms with Crippen molar-refractivity contribution in [1.82, 2.24) is 5.32 Å². The van der Waals surface area contributed by atoms with Gasteiger partial charge in [-0.15, -0.1) is 0 Å². The molecule has 0 heterocycles. The van der Waals surface area contributed by atoms with E-state index in [-0.39, 0.29) is 0 Å². The normalized spacial score (nSPS) is 10.6. The van der Waals surface area contributed by atoms with Crippen LogP contribution in [0.5, 0.6) is 11.5 Å². The van der Waals surface area contributed by atoms with Crippen LogP contribution in [0.2, 0.25) is 5.02 Å². The largest absolute Gasteiger partial charge is 0.496 e. The van der Waals surface area contributed by atoms with E-state index in [2.05, 4.69) is 23.5 Å². The van der Waals surface area contributed by atoms with Gasteiger partial charge in [0.25, 0.3) is 0 Å². The molecule has 1 N–H and O–H groups in total. The lowest BCUT2D eigenvalue weighted by Crippen LogP contribution is -2.16. The molecule has 0 aliphatic rings. The minimum Gasteiger partial charge on any atom is -0.496 e. The lowest BCUT2D eigenvalue weighted by atomic mass is 10.1. The lowest BCUT2D eigenvalue weighted by Gasteiger charge is -2.10.